The molecular weight excluding hydrogens is 284 g/mol. The number of nitrogens with one attached hydrogen (secondary N) is 1. The van der Waals surface area contributed by atoms with Gasteiger partial charge in [0.1, 0.15) is 5.60 Å². The summed E-state index contributed by atoms with van der Waals surface area (Å²) >= 11 is 0. The van der Waals surface area contributed by atoms with Crippen molar-refractivity contribution in [1.29, 1.82) is 0 Å². The zero-order valence-electron chi connectivity index (χ0n) is 15.2. The van der Waals surface area contributed by atoms with E-state index in [1.807, 2.05) is 27.7 Å². The highest BCUT2D eigenvalue weighted by molar-refractivity contribution is 6.74. The molecule has 0 rings (SSSR count). The smallest absolute Gasteiger partial charge is 0.408 e. The molecule has 0 aliphatic heterocycles. The predicted octanol–water partition coefficient (Wildman–Crippen LogP) is 3.25. The van der Waals surface area contributed by atoms with E-state index in [1.54, 1.807) is 0 Å². The molecule has 2 atom stereocenters. The fraction of sp³-hybridized carbons (Fsp3) is 0.933. The quantitative estimate of drug-likeness (QED) is 0.763. The fourth-order valence-corrected chi connectivity index (χ4v) is 2.33. The minimum atomic E-state index is -1.86. The van der Waals surface area contributed by atoms with Gasteiger partial charge in [-0.1, -0.05) is 20.8 Å². The van der Waals surface area contributed by atoms with Crippen LogP contribution in [-0.2, 0) is 9.16 Å². The predicted molar refractivity (Wildman–Crippen MR) is 90.0 cm³/mol. The number of amides is 1. The molecule has 0 aliphatic carbocycles. The Morgan fingerprint density at radius 3 is 2.00 bits per heavy atom. The molecule has 0 saturated carbocycles. The van der Waals surface area contributed by atoms with Gasteiger partial charge in [0.25, 0.3) is 0 Å². The zero-order valence-corrected chi connectivity index (χ0v) is 16.2. The number of rotatable bonds is 5. The van der Waals surface area contributed by atoms with Crippen molar-refractivity contribution in [3.8, 4) is 0 Å². The summed E-state index contributed by atoms with van der Waals surface area (Å²) in [5.41, 5.74) is 5.43. The van der Waals surface area contributed by atoms with E-state index in [9.17, 15) is 4.79 Å². The number of hydrogen-bond donors (Lipinski definition) is 2. The Bertz CT molecular complexity index is 344. The van der Waals surface area contributed by atoms with Gasteiger partial charge >= 0.3 is 6.09 Å². The van der Waals surface area contributed by atoms with Crippen molar-refractivity contribution in [2.75, 3.05) is 6.61 Å². The molecule has 0 bridgehead atoms. The molecule has 0 saturated heterocycles. The highest BCUT2D eigenvalue weighted by Gasteiger charge is 2.38. The molecule has 0 aliphatic rings. The summed E-state index contributed by atoms with van der Waals surface area (Å²) in [5, 5.41) is 2.93. The number of hydrogen-bond acceptors (Lipinski definition) is 4. The van der Waals surface area contributed by atoms with Crippen LogP contribution in [0.5, 0.6) is 0 Å². The number of nitrogens with two attached hydrogens (primary N) is 1. The summed E-state index contributed by atoms with van der Waals surface area (Å²) in [4.78, 5) is 11.9. The number of ether oxygens (including phenoxy) is 1. The number of carbonyl (C=O) groups excluding carboxylic acids is 1. The first-order chi connectivity index (χ1) is 9.16. The second-order valence-corrected chi connectivity index (χ2v) is 13.0. The van der Waals surface area contributed by atoms with Crippen LogP contribution in [0.4, 0.5) is 4.79 Å². The fourth-order valence-electron chi connectivity index (χ4n) is 1.30. The molecule has 0 unspecified atom stereocenters. The minimum absolute atomic E-state index is 0.126. The Morgan fingerprint density at radius 1 is 1.19 bits per heavy atom. The van der Waals surface area contributed by atoms with Crippen molar-refractivity contribution in [2.24, 2.45) is 5.73 Å². The maximum absolute atomic E-state index is 11.9. The van der Waals surface area contributed by atoms with Crippen LogP contribution in [0.25, 0.3) is 0 Å². The van der Waals surface area contributed by atoms with Gasteiger partial charge < -0.3 is 20.2 Å². The van der Waals surface area contributed by atoms with E-state index in [1.165, 1.54) is 0 Å². The van der Waals surface area contributed by atoms with Gasteiger partial charge in [-0.05, 0) is 45.8 Å². The third kappa shape index (κ3) is 7.83. The Morgan fingerprint density at radius 2 is 1.67 bits per heavy atom. The molecule has 21 heavy (non-hydrogen) atoms. The van der Waals surface area contributed by atoms with Crippen LogP contribution in [0.2, 0.25) is 18.1 Å². The molecule has 6 heteroatoms. The molecule has 0 aromatic heterocycles. The minimum Gasteiger partial charge on any atom is -0.444 e. The largest absolute Gasteiger partial charge is 0.444 e. The van der Waals surface area contributed by atoms with E-state index in [2.05, 4.69) is 39.2 Å². The van der Waals surface area contributed by atoms with E-state index in [0.717, 1.165) is 0 Å². The average molecular weight is 319 g/mol. The topological polar surface area (TPSA) is 73.6 Å². The van der Waals surface area contributed by atoms with Crippen molar-refractivity contribution >= 4 is 14.4 Å². The zero-order chi connectivity index (χ0) is 17.1. The molecule has 0 aromatic rings. The SMILES string of the molecule is C[C@@H](N)[C@@H](CO[Si](C)(C)C(C)(C)C)NC(=O)OC(C)(C)C. The average Bonchev–Trinajstić information content (AvgIpc) is 2.19. The molecule has 1 amide bonds. The van der Waals surface area contributed by atoms with Crippen molar-refractivity contribution in [1.82, 2.24) is 5.32 Å². The summed E-state index contributed by atoms with van der Waals surface area (Å²) < 4.78 is 11.4. The van der Waals surface area contributed by atoms with Crippen molar-refractivity contribution in [2.45, 2.75) is 84.3 Å². The van der Waals surface area contributed by atoms with Gasteiger partial charge in [0.2, 0.25) is 0 Å². The van der Waals surface area contributed by atoms with Crippen molar-refractivity contribution in [3.05, 3.63) is 0 Å². The molecular formula is C15H34N2O3Si. The van der Waals surface area contributed by atoms with Gasteiger partial charge in [-0.15, -0.1) is 0 Å². The molecule has 126 valence electrons. The second kappa shape index (κ2) is 7.11. The van der Waals surface area contributed by atoms with Crippen LogP contribution in [0.15, 0.2) is 0 Å². The standard InChI is InChI=1S/C15H34N2O3Si/c1-11(16)12(17-13(18)20-14(2,3)4)10-19-21(8,9)15(5,6)7/h11-12H,10,16H2,1-9H3,(H,17,18)/t11-,12-/m1/s1. The van der Waals surface area contributed by atoms with Gasteiger partial charge in [0.15, 0.2) is 8.32 Å². The highest BCUT2D eigenvalue weighted by atomic mass is 28.4. The Labute approximate surface area is 131 Å². The molecule has 0 heterocycles. The normalized spacial score (nSPS) is 16.3. The van der Waals surface area contributed by atoms with Crippen LogP contribution in [0.3, 0.4) is 0 Å². The lowest BCUT2D eigenvalue weighted by Crippen LogP contribution is -2.53. The van der Waals surface area contributed by atoms with Gasteiger partial charge in [-0.25, -0.2) is 4.79 Å². The van der Waals surface area contributed by atoms with E-state index in [-0.39, 0.29) is 17.1 Å². The molecule has 3 N–H and O–H groups in total. The molecule has 0 radical (unpaired) electrons. The monoisotopic (exact) mass is 318 g/mol. The van der Waals surface area contributed by atoms with Crippen LogP contribution in [-0.4, -0.2) is 38.7 Å². The van der Waals surface area contributed by atoms with Crippen LogP contribution < -0.4 is 11.1 Å². The number of alkyl carbamates (subject to hydrolysis) is 1. The van der Waals surface area contributed by atoms with Gasteiger partial charge in [0, 0.05) is 6.04 Å². The summed E-state index contributed by atoms with van der Waals surface area (Å²) in [6, 6.07) is -0.462. The molecule has 0 aromatic carbocycles. The lowest BCUT2D eigenvalue weighted by atomic mass is 10.2. The van der Waals surface area contributed by atoms with Gasteiger partial charge in [-0.2, -0.15) is 0 Å². The maximum atomic E-state index is 11.9. The van der Waals surface area contributed by atoms with Crippen LogP contribution in [0, 0.1) is 0 Å². The highest BCUT2D eigenvalue weighted by Crippen LogP contribution is 2.36. The molecule has 0 fully saturated rings. The third-order valence-electron chi connectivity index (χ3n) is 3.77. The Kier molecular flexibility index (Phi) is 6.91. The Hall–Kier alpha value is -0.593. The summed E-state index contributed by atoms with van der Waals surface area (Å²) in [7, 11) is -1.86. The first-order valence-corrected chi connectivity index (χ1v) is 10.5. The lowest BCUT2D eigenvalue weighted by molar-refractivity contribution is 0.0476. The van der Waals surface area contributed by atoms with Crippen LogP contribution in [0.1, 0.15) is 48.5 Å². The van der Waals surface area contributed by atoms with E-state index < -0.39 is 20.0 Å². The second-order valence-electron chi connectivity index (χ2n) is 8.18. The van der Waals surface area contributed by atoms with E-state index in [4.69, 9.17) is 14.9 Å². The molecule has 0 spiro atoms. The first kappa shape index (κ1) is 20.4. The van der Waals surface area contributed by atoms with Crippen LogP contribution >= 0.6 is 0 Å². The maximum Gasteiger partial charge on any atom is 0.408 e. The van der Waals surface area contributed by atoms with E-state index >= 15 is 0 Å². The number of carbonyl (C=O) groups is 1. The van der Waals surface area contributed by atoms with Gasteiger partial charge in [0.05, 0.1) is 12.6 Å². The first-order valence-electron chi connectivity index (χ1n) is 7.55. The van der Waals surface area contributed by atoms with Gasteiger partial charge in [-0.3, -0.25) is 0 Å². The lowest BCUT2D eigenvalue weighted by Gasteiger charge is -2.38. The van der Waals surface area contributed by atoms with E-state index in [0.29, 0.717) is 6.61 Å². The molecule has 5 nitrogen and oxygen atoms in total. The third-order valence-corrected chi connectivity index (χ3v) is 8.27. The van der Waals surface area contributed by atoms with Crippen molar-refractivity contribution in [3.63, 3.8) is 0 Å². The Balaban J connectivity index is 4.63. The van der Waals surface area contributed by atoms with Crippen molar-refractivity contribution < 1.29 is 14.0 Å². The summed E-state index contributed by atoms with van der Waals surface area (Å²) in [6.45, 7) is 18.7. The summed E-state index contributed by atoms with van der Waals surface area (Å²) in [6.07, 6.45) is -0.455. The summed E-state index contributed by atoms with van der Waals surface area (Å²) in [5.74, 6) is 0.